The zero-order valence-electron chi connectivity index (χ0n) is 9.36. The number of hydrogen-bond donors (Lipinski definition) is 5. The first kappa shape index (κ1) is 13.8. The van der Waals surface area contributed by atoms with Gasteiger partial charge in [-0.1, -0.05) is 0 Å². The van der Waals surface area contributed by atoms with Crippen molar-refractivity contribution in [2.45, 2.75) is 36.1 Å². The molecule has 7 nitrogen and oxygen atoms in total. The molecular formula is C9H15FN2O5S. The topological polar surface area (TPSA) is 102 Å². The van der Waals surface area contributed by atoms with Gasteiger partial charge in [-0.15, -0.1) is 12.6 Å². The Morgan fingerprint density at radius 1 is 1.61 bits per heavy atom. The van der Waals surface area contributed by atoms with Crippen molar-refractivity contribution in [3.8, 4) is 0 Å². The minimum atomic E-state index is -2.48. The number of amides is 2. The van der Waals surface area contributed by atoms with E-state index in [1.165, 1.54) is 0 Å². The van der Waals surface area contributed by atoms with Crippen LogP contribution in [0.1, 0.15) is 6.42 Å². The summed E-state index contributed by atoms with van der Waals surface area (Å²) in [6.45, 7) is -0.517. The summed E-state index contributed by atoms with van der Waals surface area (Å²) in [5, 5.41) is 27.5. The number of aliphatic hydroxyl groups is 3. The van der Waals surface area contributed by atoms with Gasteiger partial charge in [-0.25, -0.2) is 9.18 Å². The molecule has 0 spiro atoms. The van der Waals surface area contributed by atoms with E-state index in [9.17, 15) is 19.4 Å². The Kier molecular flexibility index (Phi) is 3.70. The number of nitrogens with zero attached hydrogens (tertiary/aromatic N) is 1. The van der Waals surface area contributed by atoms with Crippen molar-refractivity contribution in [2.75, 3.05) is 13.2 Å². The third-order valence-electron chi connectivity index (χ3n) is 3.07. The van der Waals surface area contributed by atoms with Crippen molar-refractivity contribution in [3.05, 3.63) is 0 Å². The van der Waals surface area contributed by atoms with Gasteiger partial charge in [0.25, 0.3) is 0 Å². The van der Waals surface area contributed by atoms with Crippen LogP contribution < -0.4 is 5.32 Å². The van der Waals surface area contributed by atoms with Gasteiger partial charge >= 0.3 is 6.03 Å². The Morgan fingerprint density at radius 2 is 2.28 bits per heavy atom. The average Bonchev–Trinajstić information content (AvgIpc) is 2.52. The second-order valence-corrected chi connectivity index (χ2v) is 5.01. The zero-order valence-corrected chi connectivity index (χ0v) is 10.3. The molecule has 9 heteroatoms. The highest BCUT2D eigenvalue weighted by molar-refractivity contribution is 7.81. The molecule has 2 amide bonds. The second-order valence-electron chi connectivity index (χ2n) is 4.33. The molecule has 0 aromatic heterocycles. The van der Waals surface area contributed by atoms with Crippen LogP contribution in [0.4, 0.5) is 9.18 Å². The summed E-state index contributed by atoms with van der Waals surface area (Å²) in [6, 6.07) is -0.708. The lowest BCUT2D eigenvalue weighted by molar-refractivity contribution is -0.0840. The monoisotopic (exact) mass is 282 g/mol. The zero-order chi connectivity index (χ0) is 13.5. The minimum Gasteiger partial charge on any atom is -0.394 e. The Hall–Kier alpha value is -0.610. The second kappa shape index (κ2) is 4.82. The Morgan fingerprint density at radius 3 is 2.78 bits per heavy atom. The highest BCUT2D eigenvalue weighted by Gasteiger charge is 2.58. The van der Waals surface area contributed by atoms with Gasteiger partial charge in [0.15, 0.2) is 6.23 Å². The van der Waals surface area contributed by atoms with Crippen molar-refractivity contribution in [1.29, 1.82) is 0 Å². The third-order valence-corrected chi connectivity index (χ3v) is 3.56. The molecule has 0 aromatic rings. The van der Waals surface area contributed by atoms with Crippen LogP contribution >= 0.6 is 12.6 Å². The van der Waals surface area contributed by atoms with E-state index < -0.39 is 42.3 Å². The summed E-state index contributed by atoms with van der Waals surface area (Å²) in [5.74, 6) is 0. The largest absolute Gasteiger partial charge is 0.394 e. The standard InChI is InChI=1S/C9H15FN2O5S/c10-9(18)6(15)4(3-13)17-7(9)12-2-1-5(14)11-8(12)16/h4-7,13-15,18H,1-3H2,(H,11,16)/t4-,5?,6-,7-,9-/m1/s1. The highest BCUT2D eigenvalue weighted by Crippen LogP contribution is 2.40. The summed E-state index contributed by atoms with van der Waals surface area (Å²) in [6.07, 6.45) is -4.98. The first-order valence-electron chi connectivity index (χ1n) is 5.48. The maximum Gasteiger partial charge on any atom is 0.321 e. The number of ether oxygens (including phenoxy) is 1. The van der Waals surface area contributed by atoms with Gasteiger partial charge in [-0.2, -0.15) is 0 Å². The molecule has 104 valence electrons. The van der Waals surface area contributed by atoms with Crippen LogP contribution in [0.25, 0.3) is 0 Å². The number of hydrogen-bond acceptors (Lipinski definition) is 6. The van der Waals surface area contributed by atoms with E-state index in [0.717, 1.165) is 4.90 Å². The van der Waals surface area contributed by atoms with E-state index >= 15 is 0 Å². The number of alkyl halides is 1. The van der Waals surface area contributed by atoms with Crippen molar-refractivity contribution in [1.82, 2.24) is 10.2 Å². The van der Waals surface area contributed by atoms with E-state index in [0.29, 0.717) is 0 Å². The number of aliphatic hydroxyl groups excluding tert-OH is 3. The van der Waals surface area contributed by atoms with Gasteiger partial charge in [0.05, 0.1) is 6.61 Å². The fourth-order valence-corrected chi connectivity index (χ4v) is 2.43. The van der Waals surface area contributed by atoms with Crippen LogP contribution in [0.2, 0.25) is 0 Å². The maximum absolute atomic E-state index is 14.3. The number of rotatable bonds is 2. The normalized spacial score (nSPS) is 45.2. The quantitative estimate of drug-likeness (QED) is 0.392. The molecule has 1 unspecified atom stereocenters. The summed E-state index contributed by atoms with van der Waals surface area (Å²) in [4.78, 5) is 12.6. The minimum absolute atomic E-state index is 0.0643. The fraction of sp³-hybridized carbons (Fsp3) is 0.889. The number of nitrogens with one attached hydrogen (secondary N) is 1. The summed E-state index contributed by atoms with van der Waals surface area (Å²) in [5.41, 5.74) is 0. The third kappa shape index (κ3) is 2.16. The van der Waals surface area contributed by atoms with Crippen molar-refractivity contribution in [3.63, 3.8) is 0 Å². The van der Waals surface area contributed by atoms with E-state index in [1.807, 2.05) is 0 Å². The summed E-state index contributed by atoms with van der Waals surface area (Å²) >= 11 is 3.69. The van der Waals surface area contributed by atoms with Gasteiger partial charge in [-0.05, 0) is 0 Å². The smallest absolute Gasteiger partial charge is 0.321 e. The SMILES string of the molecule is O=C1NC(O)CCN1[C@@H]1O[C@H](CO)[C@@H](O)[C@@]1(F)S. The molecule has 2 aliphatic rings. The molecule has 0 aromatic carbocycles. The lowest BCUT2D eigenvalue weighted by Gasteiger charge is -2.37. The molecule has 2 rings (SSSR count). The molecule has 0 saturated carbocycles. The number of carbonyl (C=O) groups excluding carboxylic acids is 1. The Bertz CT molecular complexity index is 345. The number of carbonyl (C=O) groups is 1. The van der Waals surface area contributed by atoms with Crippen molar-refractivity contribution in [2.24, 2.45) is 0 Å². The predicted octanol–water partition coefficient (Wildman–Crippen LogP) is -1.61. The maximum atomic E-state index is 14.3. The summed E-state index contributed by atoms with van der Waals surface area (Å²) in [7, 11) is 0. The molecular weight excluding hydrogens is 267 g/mol. The van der Waals surface area contributed by atoms with Gasteiger partial charge in [0.2, 0.25) is 5.00 Å². The number of halogens is 1. The fourth-order valence-electron chi connectivity index (χ4n) is 2.06. The highest BCUT2D eigenvalue weighted by atomic mass is 32.1. The Labute approximate surface area is 108 Å². The molecule has 0 bridgehead atoms. The van der Waals surface area contributed by atoms with Crippen LogP contribution in [0, 0.1) is 0 Å². The van der Waals surface area contributed by atoms with Crippen LogP contribution in [-0.4, -0.2) is 69.1 Å². The van der Waals surface area contributed by atoms with E-state index in [4.69, 9.17) is 9.84 Å². The molecule has 4 N–H and O–H groups in total. The van der Waals surface area contributed by atoms with E-state index in [1.54, 1.807) is 0 Å². The van der Waals surface area contributed by atoms with Crippen LogP contribution in [0.3, 0.4) is 0 Å². The Balaban J connectivity index is 2.15. The van der Waals surface area contributed by atoms with Crippen molar-refractivity contribution < 1.29 is 29.2 Å². The molecule has 0 radical (unpaired) electrons. The molecule has 0 aliphatic carbocycles. The molecule has 2 fully saturated rings. The lowest BCUT2D eigenvalue weighted by Crippen LogP contribution is -2.59. The van der Waals surface area contributed by atoms with Crippen LogP contribution in [0.15, 0.2) is 0 Å². The van der Waals surface area contributed by atoms with Gasteiger partial charge in [0.1, 0.15) is 18.4 Å². The molecule has 2 aliphatic heterocycles. The van der Waals surface area contributed by atoms with Gasteiger partial charge in [-0.3, -0.25) is 4.90 Å². The summed E-state index contributed by atoms with van der Waals surface area (Å²) < 4.78 is 19.4. The molecule has 5 atom stereocenters. The average molecular weight is 282 g/mol. The first-order valence-corrected chi connectivity index (χ1v) is 5.93. The predicted molar refractivity (Wildman–Crippen MR) is 60.4 cm³/mol. The molecule has 2 heterocycles. The van der Waals surface area contributed by atoms with Crippen molar-refractivity contribution >= 4 is 18.7 Å². The van der Waals surface area contributed by atoms with E-state index in [-0.39, 0.29) is 13.0 Å². The van der Waals surface area contributed by atoms with Crippen LogP contribution in [0.5, 0.6) is 0 Å². The van der Waals surface area contributed by atoms with Gasteiger partial charge in [0, 0.05) is 13.0 Å². The van der Waals surface area contributed by atoms with Crippen LogP contribution in [-0.2, 0) is 4.74 Å². The molecule has 2 saturated heterocycles. The number of urea groups is 1. The number of thiol groups is 1. The van der Waals surface area contributed by atoms with E-state index in [2.05, 4.69) is 17.9 Å². The first-order chi connectivity index (χ1) is 8.37. The lowest BCUT2D eigenvalue weighted by atomic mass is 10.1. The van der Waals surface area contributed by atoms with Gasteiger partial charge < -0.3 is 25.4 Å². The molecule has 18 heavy (non-hydrogen) atoms.